The molecule has 0 heterocycles. The monoisotopic (exact) mass is 449 g/mol. The van der Waals surface area contributed by atoms with Gasteiger partial charge in [0.2, 0.25) is 10.0 Å². The Morgan fingerprint density at radius 2 is 1.84 bits per heavy atom. The van der Waals surface area contributed by atoms with Gasteiger partial charge in [0.1, 0.15) is 16.5 Å². The molecule has 168 valence electrons. The van der Waals surface area contributed by atoms with Gasteiger partial charge in [0, 0.05) is 24.3 Å². The van der Waals surface area contributed by atoms with Gasteiger partial charge in [-0.2, -0.15) is 0 Å². The van der Waals surface area contributed by atoms with E-state index in [2.05, 4.69) is 10.0 Å². The maximum Gasteiger partial charge on any atom is 0.255 e. The van der Waals surface area contributed by atoms with Gasteiger partial charge in [0.15, 0.2) is 0 Å². The number of anilines is 2. The van der Waals surface area contributed by atoms with E-state index in [9.17, 15) is 17.6 Å². The van der Waals surface area contributed by atoms with Gasteiger partial charge in [-0.25, -0.2) is 17.5 Å². The number of methoxy groups -OCH3 is 1. The lowest BCUT2D eigenvalue weighted by Crippen LogP contribution is -2.33. The molecule has 1 aliphatic carbocycles. The summed E-state index contributed by atoms with van der Waals surface area (Å²) in [4.78, 5) is 14.5. The van der Waals surface area contributed by atoms with Crippen LogP contribution in [-0.4, -0.2) is 41.6 Å². The van der Waals surface area contributed by atoms with Crippen LogP contribution < -0.4 is 19.7 Å². The zero-order chi connectivity index (χ0) is 22.6. The molecule has 0 aromatic heterocycles. The first-order chi connectivity index (χ1) is 14.8. The third-order valence-electron chi connectivity index (χ3n) is 5.69. The van der Waals surface area contributed by atoms with Crippen molar-refractivity contribution in [2.75, 3.05) is 31.4 Å². The van der Waals surface area contributed by atoms with E-state index in [1.54, 1.807) is 12.1 Å². The van der Waals surface area contributed by atoms with Crippen molar-refractivity contribution >= 4 is 27.3 Å². The Kier molecular flexibility index (Phi) is 7.17. The van der Waals surface area contributed by atoms with E-state index >= 15 is 0 Å². The van der Waals surface area contributed by atoms with E-state index in [1.807, 2.05) is 11.9 Å². The molecule has 1 amide bonds. The van der Waals surface area contributed by atoms with Crippen LogP contribution in [0.1, 0.15) is 42.5 Å². The average Bonchev–Trinajstić information content (AvgIpc) is 2.78. The first kappa shape index (κ1) is 23.0. The second-order valence-corrected chi connectivity index (χ2v) is 9.45. The van der Waals surface area contributed by atoms with Crippen LogP contribution in [0.2, 0.25) is 0 Å². The summed E-state index contributed by atoms with van der Waals surface area (Å²) in [6.07, 6.45) is 5.61. The highest BCUT2D eigenvalue weighted by molar-refractivity contribution is 7.89. The molecule has 3 rings (SSSR count). The Hall–Kier alpha value is -2.65. The second-order valence-electron chi connectivity index (χ2n) is 7.60. The highest BCUT2D eigenvalue weighted by Gasteiger charge is 2.22. The van der Waals surface area contributed by atoms with E-state index in [4.69, 9.17) is 4.74 Å². The van der Waals surface area contributed by atoms with Crippen LogP contribution in [0.4, 0.5) is 15.8 Å². The molecule has 2 N–H and O–H groups in total. The number of rotatable bonds is 7. The van der Waals surface area contributed by atoms with Crippen molar-refractivity contribution in [2.24, 2.45) is 0 Å². The lowest BCUT2D eigenvalue weighted by molar-refractivity contribution is 0.102. The topological polar surface area (TPSA) is 87.7 Å². The number of halogens is 1. The van der Waals surface area contributed by atoms with Gasteiger partial charge in [-0.15, -0.1) is 0 Å². The maximum absolute atomic E-state index is 14.8. The maximum atomic E-state index is 14.8. The van der Waals surface area contributed by atoms with Crippen molar-refractivity contribution in [1.29, 1.82) is 0 Å². The summed E-state index contributed by atoms with van der Waals surface area (Å²) in [5.74, 6) is -0.853. The summed E-state index contributed by atoms with van der Waals surface area (Å²) in [5, 5.41) is 2.63. The van der Waals surface area contributed by atoms with Crippen LogP contribution in [-0.2, 0) is 10.0 Å². The molecular weight excluding hydrogens is 421 g/mol. The normalized spacial score (nSPS) is 14.8. The smallest absolute Gasteiger partial charge is 0.255 e. The minimum Gasteiger partial charge on any atom is -0.495 e. The lowest BCUT2D eigenvalue weighted by atomic mass is 9.94. The van der Waals surface area contributed by atoms with Crippen LogP contribution in [0.3, 0.4) is 0 Å². The minimum absolute atomic E-state index is 0.110. The summed E-state index contributed by atoms with van der Waals surface area (Å²) >= 11 is 0. The van der Waals surface area contributed by atoms with Gasteiger partial charge in [0.25, 0.3) is 5.91 Å². The predicted molar refractivity (Wildman–Crippen MR) is 119 cm³/mol. The zero-order valence-electron chi connectivity index (χ0n) is 17.9. The molecule has 7 nitrogen and oxygen atoms in total. The summed E-state index contributed by atoms with van der Waals surface area (Å²) in [7, 11) is 0.693. The largest absolute Gasteiger partial charge is 0.495 e. The number of nitrogens with zero attached hydrogens (tertiary/aromatic N) is 1. The number of amides is 1. The summed E-state index contributed by atoms with van der Waals surface area (Å²) in [6, 6.07) is 8.97. The number of carbonyl (C=O) groups excluding carboxylic acids is 1. The highest BCUT2D eigenvalue weighted by Crippen LogP contribution is 2.30. The number of hydrogen-bond acceptors (Lipinski definition) is 5. The van der Waals surface area contributed by atoms with E-state index < -0.39 is 21.7 Å². The number of sulfonamides is 1. The molecule has 9 heteroatoms. The molecule has 0 bridgehead atoms. The van der Waals surface area contributed by atoms with Crippen LogP contribution in [0.25, 0.3) is 0 Å². The van der Waals surface area contributed by atoms with Crippen molar-refractivity contribution in [1.82, 2.24) is 4.72 Å². The second kappa shape index (κ2) is 9.65. The van der Waals surface area contributed by atoms with Crippen LogP contribution in [0, 0.1) is 5.82 Å². The van der Waals surface area contributed by atoms with E-state index in [1.165, 1.54) is 44.8 Å². The quantitative estimate of drug-likeness (QED) is 0.672. The van der Waals surface area contributed by atoms with Gasteiger partial charge in [-0.3, -0.25) is 4.79 Å². The molecule has 0 aliphatic heterocycles. The van der Waals surface area contributed by atoms with Crippen molar-refractivity contribution in [3.05, 3.63) is 47.8 Å². The van der Waals surface area contributed by atoms with Crippen molar-refractivity contribution in [3.63, 3.8) is 0 Å². The summed E-state index contributed by atoms with van der Waals surface area (Å²) < 4.78 is 46.5. The zero-order valence-corrected chi connectivity index (χ0v) is 18.8. The minimum atomic E-state index is -3.82. The molecule has 2 aromatic carbocycles. The van der Waals surface area contributed by atoms with Gasteiger partial charge >= 0.3 is 0 Å². The van der Waals surface area contributed by atoms with E-state index in [0.29, 0.717) is 11.7 Å². The first-order valence-electron chi connectivity index (χ1n) is 10.2. The molecule has 1 fully saturated rings. The molecule has 1 aliphatic rings. The Bertz CT molecular complexity index is 1050. The number of hydrogen-bond donors (Lipinski definition) is 2. The standard InChI is InChI=1S/C22H28FN3O4S/c1-24-31(28,29)21-13-15(9-12-20(21)30-3)22(27)25-16-10-11-19(18(23)14-16)26(2)17-7-5-4-6-8-17/h9-14,17,24H,4-8H2,1-3H3,(H,25,27). The molecule has 0 radical (unpaired) electrons. The predicted octanol–water partition coefficient (Wildman–Crippen LogP) is 3.76. The van der Waals surface area contributed by atoms with Gasteiger partial charge in [-0.1, -0.05) is 19.3 Å². The fourth-order valence-electron chi connectivity index (χ4n) is 3.88. The van der Waals surface area contributed by atoms with Gasteiger partial charge in [0.05, 0.1) is 12.8 Å². The Balaban J connectivity index is 1.79. The first-order valence-corrected chi connectivity index (χ1v) is 11.7. The number of nitrogens with one attached hydrogen (secondary N) is 2. The summed E-state index contributed by atoms with van der Waals surface area (Å²) in [6.45, 7) is 0. The van der Waals surface area contributed by atoms with Gasteiger partial charge in [-0.05, 0) is 56.3 Å². The molecule has 31 heavy (non-hydrogen) atoms. The molecule has 2 aromatic rings. The number of ether oxygens (including phenoxy) is 1. The molecule has 1 saturated carbocycles. The van der Waals surface area contributed by atoms with Crippen molar-refractivity contribution in [3.8, 4) is 5.75 Å². The average molecular weight is 450 g/mol. The third-order valence-corrected chi connectivity index (χ3v) is 7.13. The highest BCUT2D eigenvalue weighted by atomic mass is 32.2. The Morgan fingerprint density at radius 3 is 2.45 bits per heavy atom. The van der Waals surface area contributed by atoms with Crippen LogP contribution >= 0.6 is 0 Å². The summed E-state index contributed by atoms with van der Waals surface area (Å²) in [5.41, 5.74) is 0.896. The fraction of sp³-hybridized carbons (Fsp3) is 0.409. The molecule has 0 saturated heterocycles. The van der Waals surface area contributed by atoms with Crippen LogP contribution in [0.15, 0.2) is 41.3 Å². The number of carbonyl (C=O) groups is 1. The van der Waals surface area contributed by atoms with Crippen molar-refractivity contribution < 1.29 is 22.3 Å². The SMILES string of the molecule is CNS(=O)(=O)c1cc(C(=O)Nc2ccc(N(C)C3CCCCC3)c(F)c2)ccc1OC. The van der Waals surface area contributed by atoms with Gasteiger partial charge < -0.3 is 15.0 Å². The lowest BCUT2D eigenvalue weighted by Gasteiger charge is -2.33. The van der Waals surface area contributed by atoms with Crippen LogP contribution in [0.5, 0.6) is 5.75 Å². The van der Waals surface area contributed by atoms with Crippen molar-refractivity contribution in [2.45, 2.75) is 43.0 Å². The Labute approximate surface area is 182 Å². The molecule has 0 unspecified atom stereocenters. The molecular formula is C22H28FN3O4S. The third kappa shape index (κ3) is 5.16. The number of benzene rings is 2. The van der Waals surface area contributed by atoms with E-state index in [-0.39, 0.29) is 21.9 Å². The molecule has 0 atom stereocenters. The fourth-order valence-corrected chi connectivity index (χ4v) is 4.80. The Morgan fingerprint density at radius 1 is 1.13 bits per heavy atom. The van der Waals surface area contributed by atoms with E-state index in [0.717, 1.165) is 25.7 Å². The molecule has 0 spiro atoms.